The van der Waals surface area contributed by atoms with E-state index in [0.29, 0.717) is 18.3 Å². The maximum Gasteiger partial charge on any atom is 0.239 e. The zero-order valence-electron chi connectivity index (χ0n) is 12.1. The molecule has 0 saturated carbocycles. The summed E-state index contributed by atoms with van der Waals surface area (Å²) in [5, 5.41) is 9.10. The standard InChI is InChI=1S/C14H21N3O2S/c1-10-5-4-6-12(11(10)2)17-14(20)16-9-13(18)15-7-8-19-3/h4-6H,7-9H2,1-3H3,(H,15,18)(H2,16,17,20). The molecule has 1 aromatic rings. The lowest BCUT2D eigenvalue weighted by molar-refractivity contribution is -0.120. The number of thiocarbonyl (C=S) groups is 1. The van der Waals surface area contributed by atoms with E-state index in [-0.39, 0.29) is 12.5 Å². The van der Waals surface area contributed by atoms with Crippen LogP contribution >= 0.6 is 12.2 Å². The highest BCUT2D eigenvalue weighted by molar-refractivity contribution is 7.80. The third kappa shape index (κ3) is 5.54. The van der Waals surface area contributed by atoms with E-state index in [0.717, 1.165) is 11.3 Å². The number of ether oxygens (including phenoxy) is 1. The van der Waals surface area contributed by atoms with Crippen molar-refractivity contribution < 1.29 is 9.53 Å². The van der Waals surface area contributed by atoms with E-state index in [9.17, 15) is 4.79 Å². The van der Waals surface area contributed by atoms with Crippen LogP contribution in [0.4, 0.5) is 5.69 Å². The number of hydrogen-bond acceptors (Lipinski definition) is 3. The maximum atomic E-state index is 11.5. The van der Waals surface area contributed by atoms with E-state index in [1.165, 1.54) is 5.56 Å². The van der Waals surface area contributed by atoms with Gasteiger partial charge in [0.2, 0.25) is 5.91 Å². The summed E-state index contributed by atoms with van der Waals surface area (Å²) in [6, 6.07) is 5.96. The molecule has 1 amide bonds. The fraction of sp³-hybridized carbons (Fsp3) is 0.429. The van der Waals surface area contributed by atoms with Gasteiger partial charge >= 0.3 is 0 Å². The number of amides is 1. The number of nitrogens with one attached hydrogen (secondary N) is 3. The van der Waals surface area contributed by atoms with Crippen LogP contribution in [-0.2, 0) is 9.53 Å². The fourth-order valence-corrected chi connectivity index (χ4v) is 1.75. The van der Waals surface area contributed by atoms with Crippen molar-refractivity contribution in [3.63, 3.8) is 0 Å². The van der Waals surface area contributed by atoms with Crippen molar-refractivity contribution in [3.05, 3.63) is 29.3 Å². The van der Waals surface area contributed by atoms with Crippen LogP contribution in [0.2, 0.25) is 0 Å². The van der Waals surface area contributed by atoms with Crippen LogP contribution in [0.3, 0.4) is 0 Å². The molecule has 0 aliphatic carbocycles. The van der Waals surface area contributed by atoms with E-state index in [4.69, 9.17) is 17.0 Å². The Hall–Kier alpha value is -1.66. The van der Waals surface area contributed by atoms with Crippen LogP contribution in [0.25, 0.3) is 0 Å². The third-order valence-corrected chi connectivity index (χ3v) is 3.14. The summed E-state index contributed by atoms with van der Waals surface area (Å²) >= 11 is 5.17. The first-order valence-electron chi connectivity index (χ1n) is 6.41. The van der Waals surface area contributed by atoms with Gasteiger partial charge < -0.3 is 20.7 Å². The Morgan fingerprint density at radius 3 is 2.75 bits per heavy atom. The van der Waals surface area contributed by atoms with Crippen LogP contribution in [0.5, 0.6) is 0 Å². The molecule has 0 aromatic heterocycles. The molecule has 0 heterocycles. The second-order valence-corrected chi connectivity index (χ2v) is 4.81. The maximum absolute atomic E-state index is 11.5. The molecule has 1 aromatic carbocycles. The summed E-state index contributed by atoms with van der Waals surface area (Å²) in [6.45, 7) is 5.20. The van der Waals surface area contributed by atoms with Crippen molar-refractivity contribution in [2.45, 2.75) is 13.8 Å². The molecule has 0 spiro atoms. The van der Waals surface area contributed by atoms with Crippen LogP contribution in [-0.4, -0.2) is 37.8 Å². The summed E-state index contributed by atoms with van der Waals surface area (Å²) in [4.78, 5) is 11.5. The number of methoxy groups -OCH3 is 1. The molecule has 110 valence electrons. The van der Waals surface area contributed by atoms with Gasteiger partial charge in [-0.2, -0.15) is 0 Å². The summed E-state index contributed by atoms with van der Waals surface area (Å²) in [5.74, 6) is -0.118. The van der Waals surface area contributed by atoms with Crippen LogP contribution in [0, 0.1) is 13.8 Å². The normalized spacial score (nSPS) is 9.95. The lowest BCUT2D eigenvalue weighted by Crippen LogP contribution is -2.39. The molecular formula is C14H21N3O2S. The van der Waals surface area contributed by atoms with Crippen molar-refractivity contribution in [1.82, 2.24) is 10.6 Å². The van der Waals surface area contributed by atoms with Gasteiger partial charge in [0.05, 0.1) is 13.2 Å². The summed E-state index contributed by atoms with van der Waals surface area (Å²) in [7, 11) is 1.59. The van der Waals surface area contributed by atoms with E-state index < -0.39 is 0 Å². The SMILES string of the molecule is COCCNC(=O)CNC(=S)Nc1cccc(C)c1C. The molecule has 0 fully saturated rings. The fourth-order valence-electron chi connectivity index (χ4n) is 1.57. The average Bonchev–Trinajstić information content (AvgIpc) is 2.42. The van der Waals surface area contributed by atoms with Gasteiger partial charge in [-0.3, -0.25) is 4.79 Å². The predicted octanol–water partition coefficient (Wildman–Crippen LogP) is 1.35. The van der Waals surface area contributed by atoms with Gasteiger partial charge in [0, 0.05) is 19.3 Å². The van der Waals surface area contributed by atoms with E-state index in [1.807, 2.05) is 32.0 Å². The second-order valence-electron chi connectivity index (χ2n) is 4.40. The molecule has 0 aliphatic rings. The van der Waals surface area contributed by atoms with Gasteiger partial charge in [-0.1, -0.05) is 12.1 Å². The lowest BCUT2D eigenvalue weighted by atomic mass is 10.1. The number of anilines is 1. The van der Waals surface area contributed by atoms with Gasteiger partial charge in [0.15, 0.2) is 5.11 Å². The molecule has 6 heteroatoms. The number of aryl methyl sites for hydroxylation is 1. The van der Waals surface area contributed by atoms with Crippen LogP contribution in [0.1, 0.15) is 11.1 Å². The number of rotatable bonds is 6. The number of benzene rings is 1. The highest BCUT2D eigenvalue weighted by atomic mass is 32.1. The molecule has 0 saturated heterocycles. The topological polar surface area (TPSA) is 62.4 Å². The van der Waals surface area contributed by atoms with E-state index >= 15 is 0 Å². The van der Waals surface area contributed by atoms with Crippen molar-refractivity contribution >= 4 is 28.9 Å². The Kier molecular flexibility index (Phi) is 6.97. The Balaban J connectivity index is 2.37. The third-order valence-electron chi connectivity index (χ3n) is 2.89. The van der Waals surface area contributed by atoms with Crippen molar-refractivity contribution in [2.24, 2.45) is 0 Å². The van der Waals surface area contributed by atoms with Crippen LogP contribution in [0.15, 0.2) is 18.2 Å². The van der Waals surface area contributed by atoms with Gasteiger partial charge in [-0.25, -0.2) is 0 Å². The van der Waals surface area contributed by atoms with Crippen molar-refractivity contribution in [1.29, 1.82) is 0 Å². The Morgan fingerprint density at radius 2 is 2.05 bits per heavy atom. The van der Waals surface area contributed by atoms with Gasteiger partial charge in [-0.05, 0) is 43.3 Å². The van der Waals surface area contributed by atoms with E-state index in [1.54, 1.807) is 7.11 Å². The molecular weight excluding hydrogens is 274 g/mol. The number of hydrogen-bond donors (Lipinski definition) is 3. The lowest BCUT2D eigenvalue weighted by Gasteiger charge is -2.13. The van der Waals surface area contributed by atoms with Gasteiger partial charge in [0.25, 0.3) is 0 Å². The molecule has 3 N–H and O–H groups in total. The summed E-state index contributed by atoms with van der Waals surface area (Å²) < 4.78 is 4.85. The molecule has 0 bridgehead atoms. The minimum atomic E-state index is -0.118. The highest BCUT2D eigenvalue weighted by Gasteiger charge is 2.05. The average molecular weight is 295 g/mol. The Labute approximate surface area is 125 Å². The second kappa shape index (κ2) is 8.50. The molecule has 0 atom stereocenters. The zero-order chi connectivity index (χ0) is 15.0. The first-order chi connectivity index (χ1) is 9.54. The molecule has 20 heavy (non-hydrogen) atoms. The smallest absolute Gasteiger partial charge is 0.239 e. The Morgan fingerprint density at radius 1 is 1.30 bits per heavy atom. The first-order valence-corrected chi connectivity index (χ1v) is 6.82. The summed E-state index contributed by atoms with van der Waals surface area (Å²) in [6.07, 6.45) is 0. The molecule has 0 aliphatic heterocycles. The predicted molar refractivity (Wildman–Crippen MR) is 85.0 cm³/mol. The van der Waals surface area contributed by atoms with Crippen LogP contribution < -0.4 is 16.0 Å². The van der Waals surface area contributed by atoms with Crippen molar-refractivity contribution in [3.8, 4) is 0 Å². The highest BCUT2D eigenvalue weighted by Crippen LogP contribution is 2.17. The molecule has 5 nitrogen and oxygen atoms in total. The molecule has 0 radical (unpaired) electrons. The first kappa shape index (κ1) is 16.4. The minimum absolute atomic E-state index is 0.118. The quantitative estimate of drug-likeness (QED) is 0.546. The molecule has 0 unspecified atom stereocenters. The zero-order valence-corrected chi connectivity index (χ0v) is 12.9. The van der Waals surface area contributed by atoms with Gasteiger partial charge in [-0.15, -0.1) is 0 Å². The monoisotopic (exact) mass is 295 g/mol. The largest absolute Gasteiger partial charge is 0.383 e. The van der Waals surface area contributed by atoms with E-state index in [2.05, 4.69) is 16.0 Å². The number of carbonyl (C=O) groups is 1. The van der Waals surface area contributed by atoms with Crippen molar-refractivity contribution in [2.75, 3.05) is 32.1 Å². The van der Waals surface area contributed by atoms with Gasteiger partial charge in [0.1, 0.15) is 0 Å². The summed E-state index contributed by atoms with van der Waals surface area (Å²) in [5.41, 5.74) is 3.28. The molecule has 1 rings (SSSR count). The Bertz CT molecular complexity index is 477. The minimum Gasteiger partial charge on any atom is -0.383 e. The number of carbonyl (C=O) groups excluding carboxylic acids is 1.